The maximum Gasteiger partial charge on any atom is 0.223 e. The van der Waals surface area contributed by atoms with Crippen LogP contribution < -0.4 is 10.1 Å². The van der Waals surface area contributed by atoms with Crippen molar-refractivity contribution in [3.05, 3.63) is 29.3 Å². The van der Waals surface area contributed by atoms with E-state index in [0.29, 0.717) is 35.3 Å². The number of rotatable bonds is 5. The zero-order valence-electron chi connectivity index (χ0n) is 12.1. The fourth-order valence-electron chi connectivity index (χ4n) is 2.68. The Kier molecular flexibility index (Phi) is 4.92. The second kappa shape index (κ2) is 6.49. The molecule has 1 atom stereocenters. The number of halogens is 1. The van der Waals surface area contributed by atoms with Crippen LogP contribution in [0.4, 0.5) is 0 Å². The Morgan fingerprint density at radius 1 is 1.50 bits per heavy atom. The Hall–Kier alpha value is -1.22. The van der Waals surface area contributed by atoms with Crippen molar-refractivity contribution in [1.82, 2.24) is 5.32 Å². The van der Waals surface area contributed by atoms with Gasteiger partial charge in [0.2, 0.25) is 5.91 Å². The van der Waals surface area contributed by atoms with Gasteiger partial charge in [-0.05, 0) is 42.9 Å². The molecule has 0 aromatic heterocycles. The van der Waals surface area contributed by atoms with Gasteiger partial charge in [0, 0.05) is 11.1 Å². The van der Waals surface area contributed by atoms with Gasteiger partial charge in [-0.25, -0.2) is 0 Å². The first-order chi connectivity index (χ1) is 9.44. The third-order valence-electron chi connectivity index (χ3n) is 3.73. The number of nitrogens with one attached hydrogen (secondary N) is 1. The maximum absolute atomic E-state index is 11.9. The monoisotopic (exact) mass is 295 g/mol. The summed E-state index contributed by atoms with van der Waals surface area (Å²) in [7, 11) is 0. The molecule has 1 fully saturated rings. The molecule has 1 unspecified atom stereocenters. The Balaban J connectivity index is 1.68. The van der Waals surface area contributed by atoms with E-state index in [9.17, 15) is 4.79 Å². The van der Waals surface area contributed by atoms with Crippen LogP contribution in [0.25, 0.3) is 0 Å². The van der Waals surface area contributed by atoms with Gasteiger partial charge in [0.1, 0.15) is 5.75 Å². The number of benzene rings is 1. The summed E-state index contributed by atoms with van der Waals surface area (Å²) >= 11 is 5.87. The molecule has 0 spiro atoms. The van der Waals surface area contributed by atoms with Gasteiger partial charge in [0.05, 0.1) is 13.0 Å². The molecule has 0 saturated heterocycles. The Labute approximate surface area is 125 Å². The molecule has 2 rings (SSSR count). The number of hydrogen-bond acceptors (Lipinski definition) is 2. The molecule has 0 heterocycles. The molecule has 1 aliphatic rings. The quantitative estimate of drug-likeness (QED) is 0.897. The van der Waals surface area contributed by atoms with E-state index < -0.39 is 0 Å². The van der Waals surface area contributed by atoms with Gasteiger partial charge >= 0.3 is 0 Å². The Morgan fingerprint density at radius 3 is 2.95 bits per heavy atom. The van der Waals surface area contributed by atoms with Crippen LogP contribution in [-0.2, 0) is 4.79 Å². The van der Waals surface area contributed by atoms with Gasteiger partial charge < -0.3 is 10.1 Å². The van der Waals surface area contributed by atoms with Gasteiger partial charge in [0.25, 0.3) is 0 Å². The lowest BCUT2D eigenvalue weighted by atomic mass is 9.92. The highest BCUT2D eigenvalue weighted by atomic mass is 35.5. The zero-order chi connectivity index (χ0) is 14.6. The van der Waals surface area contributed by atoms with Crippen LogP contribution in [0.2, 0.25) is 5.02 Å². The topological polar surface area (TPSA) is 38.3 Å². The van der Waals surface area contributed by atoms with E-state index in [4.69, 9.17) is 16.3 Å². The highest BCUT2D eigenvalue weighted by molar-refractivity contribution is 6.30. The molecular formula is C16H22ClNO2. The summed E-state index contributed by atoms with van der Waals surface area (Å²) in [5, 5.41) is 3.73. The molecule has 0 radical (unpaired) electrons. The molecule has 0 aliphatic heterocycles. The number of carbonyl (C=O) groups excluding carboxylic acids is 1. The number of carbonyl (C=O) groups is 1. The van der Waals surface area contributed by atoms with Crippen LogP contribution in [0.15, 0.2) is 24.3 Å². The normalized spacial score (nSPS) is 20.6. The summed E-state index contributed by atoms with van der Waals surface area (Å²) in [4.78, 5) is 11.9. The van der Waals surface area contributed by atoms with Crippen LogP contribution in [0.3, 0.4) is 0 Å². The minimum atomic E-state index is 0.0646. The van der Waals surface area contributed by atoms with E-state index in [-0.39, 0.29) is 5.91 Å². The summed E-state index contributed by atoms with van der Waals surface area (Å²) in [6, 6.07) is 7.53. The van der Waals surface area contributed by atoms with Gasteiger partial charge in [-0.15, -0.1) is 0 Å². The molecule has 20 heavy (non-hydrogen) atoms. The van der Waals surface area contributed by atoms with Crippen LogP contribution in [-0.4, -0.2) is 18.6 Å². The van der Waals surface area contributed by atoms with E-state index in [1.807, 2.05) is 12.1 Å². The Morgan fingerprint density at radius 2 is 2.30 bits per heavy atom. The summed E-state index contributed by atoms with van der Waals surface area (Å²) in [5.41, 5.74) is 0.356. The van der Waals surface area contributed by atoms with Crippen molar-refractivity contribution >= 4 is 17.5 Å². The molecule has 1 aliphatic carbocycles. The van der Waals surface area contributed by atoms with Crippen molar-refractivity contribution in [1.29, 1.82) is 0 Å². The van der Waals surface area contributed by atoms with E-state index >= 15 is 0 Å². The fourth-order valence-corrected chi connectivity index (χ4v) is 2.86. The van der Waals surface area contributed by atoms with Gasteiger partial charge in [-0.2, -0.15) is 0 Å². The first kappa shape index (κ1) is 15.2. The standard InChI is InChI=1S/C16H22ClNO2/c1-16(2)8-6-13(11-16)18-15(19)7-9-20-14-5-3-4-12(17)10-14/h3-5,10,13H,6-9,11H2,1-2H3,(H,18,19). The van der Waals surface area contributed by atoms with Crippen LogP contribution in [0, 0.1) is 5.41 Å². The third kappa shape index (κ3) is 4.71. The minimum absolute atomic E-state index is 0.0646. The average molecular weight is 296 g/mol. The van der Waals surface area contributed by atoms with Crippen molar-refractivity contribution in [2.24, 2.45) is 5.41 Å². The van der Waals surface area contributed by atoms with Crippen molar-refractivity contribution in [3.8, 4) is 5.75 Å². The van der Waals surface area contributed by atoms with E-state index in [1.54, 1.807) is 12.1 Å². The molecule has 3 nitrogen and oxygen atoms in total. The molecule has 1 aromatic rings. The maximum atomic E-state index is 11.9. The summed E-state index contributed by atoms with van der Waals surface area (Å²) in [6.45, 7) is 4.88. The van der Waals surface area contributed by atoms with Crippen molar-refractivity contribution in [3.63, 3.8) is 0 Å². The van der Waals surface area contributed by atoms with Gasteiger partial charge in [-0.3, -0.25) is 4.79 Å². The molecular weight excluding hydrogens is 274 g/mol. The third-order valence-corrected chi connectivity index (χ3v) is 3.96. The van der Waals surface area contributed by atoms with Gasteiger partial charge in [-0.1, -0.05) is 31.5 Å². The lowest BCUT2D eigenvalue weighted by Crippen LogP contribution is -2.34. The van der Waals surface area contributed by atoms with E-state index in [1.165, 1.54) is 6.42 Å². The van der Waals surface area contributed by atoms with Crippen molar-refractivity contribution in [2.45, 2.75) is 45.6 Å². The molecule has 1 amide bonds. The van der Waals surface area contributed by atoms with Crippen molar-refractivity contribution < 1.29 is 9.53 Å². The zero-order valence-corrected chi connectivity index (χ0v) is 12.9. The highest BCUT2D eigenvalue weighted by Crippen LogP contribution is 2.36. The van der Waals surface area contributed by atoms with Gasteiger partial charge in [0.15, 0.2) is 0 Å². The average Bonchev–Trinajstić information content (AvgIpc) is 2.68. The predicted molar refractivity (Wildman–Crippen MR) is 81.1 cm³/mol. The molecule has 110 valence electrons. The van der Waals surface area contributed by atoms with E-state index in [0.717, 1.165) is 12.8 Å². The molecule has 1 aromatic carbocycles. The Bertz CT molecular complexity index is 473. The minimum Gasteiger partial charge on any atom is -0.493 e. The second-order valence-corrected chi connectivity index (χ2v) is 6.66. The van der Waals surface area contributed by atoms with Crippen LogP contribution in [0.5, 0.6) is 5.75 Å². The van der Waals surface area contributed by atoms with E-state index in [2.05, 4.69) is 19.2 Å². The van der Waals surface area contributed by atoms with Crippen LogP contribution >= 0.6 is 11.6 Å². The highest BCUT2D eigenvalue weighted by Gasteiger charge is 2.31. The molecule has 0 bridgehead atoms. The second-order valence-electron chi connectivity index (χ2n) is 6.23. The molecule has 4 heteroatoms. The summed E-state index contributed by atoms with van der Waals surface area (Å²) in [5.74, 6) is 0.766. The first-order valence-electron chi connectivity index (χ1n) is 7.12. The van der Waals surface area contributed by atoms with Crippen molar-refractivity contribution in [2.75, 3.05) is 6.61 Å². The first-order valence-corrected chi connectivity index (χ1v) is 7.50. The smallest absolute Gasteiger partial charge is 0.223 e. The lowest BCUT2D eigenvalue weighted by Gasteiger charge is -2.17. The predicted octanol–water partition coefficient (Wildman–Crippen LogP) is 3.80. The fraction of sp³-hybridized carbons (Fsp3) is 0.562. The number of hydrogen-bond donors (Lipinski definition) is 1. The number of ether oxygens (including phenoxy) is 1. The molecule has 1 saturated carbocycles. The number of amides is 1. The van der Waals surface area contributed by atoms with Crippen LogP contribution in [0.1, 0.15) is 39.5 Å². The largest absolute Gasteiger partial charge is 0.493 e. The summed E-state index contributed by atoms with van der Waals surface area (Å²) in [6.07, 6.45) is 3.70. The summed E-state index contributed by atoms with van der Waals surface area (Å²) < 4.78 is 5.52. The SMILES string of the molecule is CC1(C)CCC(NC(=O)CCOc2cccc(Cl)c2)C1. The molecule has 1 N–H and O–H groups in total. The lowest BCUT2D eigenvalue weighted by molar-refractivity contribution is -0.122.